The first-order valence-electron chi connectivity index (χ1n) is 10.5. The molecule has 2 aromatic heterocycles. The van der Waals surface area contributed by atoms with Gasteiger partial charge in [-0.3, -0.25) is 4.79 Å². The third kappa shape index (κ3) is 4.12. The largest absolute Gasteiger partial charge is 0.493 e. The molecule has 4 aromatic rings. The Balaban J connectivity index is 1.45. The van der Waals surface area contributed by atoms with Gasteiger partial charge in [-0.1, -0.05) is 36.4 Å². The van der Waals surface area contributed by atoms with Gasteiger partial charge in [-0.05, 0) is 23.6 Å². The molecule has 0 spiro atoms. The van der Waals surface area contributed by atoms with Crippen LogP contribution in [-0.2, 0) is 4.79 Å². The number of fused-ring (bicyclic) bond motifs is 1. The molecule has 1 aliphatic heterocycles. The number of methoxy groups -OCH3 is 2. The number of ether oxygens (including phenoxy) is 2. The number of thiophene rings is 1. The Hall–Kier alpha value is -3.23. The number of aromatic nitrogens is 1. The van der Waals surface area contributed by atoms with E-state index in [1.165, 1.54) is 11.8 Å². The van der Waals surface area contributed by atoms with Crippen LogP contribution in [0.1, 0.15) is 22.9 Å². The maximum absolute atomic E-state index is 13.4. The van der Waals surface area contributed by atoms with Crippen molar-refractivity contribution in [1.29, 1.82) is 0 Å². The number of amides is 1. The van der Waals surface area contributed by atoms with E-state index < -0.39 is 0 Å². The van der Waals surface area contributed by atoms with Crippen LogP contribution >= 0.6 is 23.1 Å². The lowest BCUT2D eigenvalue weighted by atomic mass is 9.99. The van der Waals surface area contributed by atoms with E-state index in [1.807, 2.05) is 60.1 Å². The highest BCUT2D eigenvalue weighted by Crippen LogP contribution is 2.42. The molecule has 0 unspecified atom stereocenters. The van der Waals surface area contributed by atoms with Gasteiger partial charge >= 0.3 is 0 Å². The van der Waals surface area contributed by atoms with Crippen LogP contribution in [0.25, 0.3) is 10.9 Å². The second-order valence-corrected chi connectivity index (χ2v) is 9.52. The number of H-pyrrole nitrogens is 1. The molecule has 168 valence electrons. The molecule has 0 saturated carbocycles. The zero-order valence-electron chi connectivity index (χ0n) is 18.3. The molecule has 1 aliphatic rings. The van der Waals surface area contributed by atoms with Gasteiger partial charge in [-0.15, -0.1) is 23.1 Å². The molecule has 8 heteroatoms. The molecule has 1 amide bonds. The molecule has 0 saturated heterocycles. The molecule has 33 heavy (non-hydrogen) atoms. The zero-order chi connectivity index (χ0) is 22.8. The lowest BCUT2D eigenvalue weighted by Gasteiger charge is -2.24. The van der Waals surface area contributed by atoms with Crippen molar-refractivity contribution in [3.63, 3.8) is 0 Å². The third-order valence-corrected chi connectivity index (χ3v) is 7.63. The van der Waals surface area contributed by atoms with Gasteiger partial charge in [0.15, 0.2) is 11.5 Å². The summed E-state index contributed by atoms with van der Waals surface area (Å²) in [6, 6.07) is 17.6. The first kappa shape index (κ1) is 21.6. The number of carbonyl (C=O) groups excluding carboxylic acids is 1. The predicted molar refractivity (Wildman–Crippen MR) is 134 cm³/mol. The Bertz CT molecular complexity index is 1310. The average molecular weight is 478 g/mol. The molecule has 0 aliphatic carbocycles. The number of nitrogens with one attached hydrogen (secondary N) is 1. The van der Waals surface area contributed by atoms with Crippen LogP contribution < -0.4 is 9.47 Å². The average Bonchev–Trinajstić information content (AvgIpc) is 3.61. The van der Waals surface area contributed by atoms with Gasteiger partial charge in [0.2, 0.25) is 0 Å². The van der Waals surface area contributed by atoms with Crippen LogP contribution in [-0.4, -0.2) is 41.6 Å². The van der Waals surface area contributed by atoms with Gasteiger partial charge in [0, 0.05) is 34.0 Å². The monoisotopic (exact) mass is 477 g/mol. The Morgan fingerprint density at radius 1 is 1.15 bits per heavy atom. The van der Waals surface area contributed by atoms with Gasteiger partial charge in [0.05, 0.1) is 36.6 Å². The van der Waals surface area contributed by atoms with E-state index in [0.29, 0.717) is 17.9 Å². The van der Waals surface area contributed by atoms with E-state index in [2.05, 4.69) is 11.1 Å². The normalized spacial score (nSPS) is 15.6. The fraction of sp³-hybridized carbons (Fsp3) is 0.200. The van der Waals surface area contributed by atoms with Crippen molar-refractivity contribution in [1.82, 2.24) is 9.99 Å². The number of hydrogen-bond donors (Lipinski definition) is 1. The van der Waals surface area contributed by atoms with E-state index in [0.717, 1.165) is 32.0 Å². The smallest absolute Gasteiger partial charge is 0.253 e. The van der Waals surface area contributed by atoms with Crippen molar-refractivity contribution in [3.8, 4) is 11.5 Å². The summed E-state index contributed by atoms with van der Waals surface area (Å²) in [6.45, 7) is 0. The van der Waals surface area contributed by atoms with Crippen LogP contribution in [0.4, 0.5) is 0 Å². The van der Waals surface area contributed by atoms with E-state index in [4.69, 9.17) is 14.6 Å². The van der Waals surface area contributed by atoms with Crippen molar-refractivity contribution in [2.75, 3.05) is 20.0 Å². The van der Waals surface area contributed by atoms with E-state index >= 15 is 0 Å². The summed E-state index contributed by atoms with van der Waals surface area (Å²) < 4.78 is 11.2. The van der Waals surface area contributed by atoms with Gasteiger partial charge in [-0.25, -0.2) is 5.01 Å². The number of hydrogen-bond acceptors (Lipinski definition) is 6. The highest BCUT2D eigenvalue weighted by molar-refractivity contribution is 8.00. The summed E-state index contributed by atoms with van der Waals surface area (Å²) in [5.41, 5.74) is 2.86. The highest BCUT2D eigenvalue weighted by atomic mass is 32.2. The number of benzene rings is 2. The summed E-state index contributed by atoms with van der Waals surface area (Å²) in [5, 5.41) is 9.53. The molecule has 3 heterocycles. The van der Waals surface area contributed by atoms with Crippen LogP contribution in [0.2, 0.25) is 0 Å². The highest BCUT2D eigenvalue weighted by Gasteiger charge is 2.35. The first-order valence-corrected chi connectivity index (χ1v) is 12.4. The van der Waals surface area contributed by atoms with Gasteiger partial charge < -0.3 is 14.5 Å². The fourth-order valence-corrected chi connectivity index (χ4v) is 5.73. The predicted octanol–water partition coefficient (Wildman–Crippen LogP) is 5.72. The summed E-state index contributed by atoms with van der Waals surface area (Å²) in [4.78, 5) is 18.8. The third-order valence-electron chi connectivity index (χ3n) is 5.67. The fourth-order valence-electron chi connectivity index (χ4n) is 4.12. The minimum absolute atomic E-state index is 0.0493. The molecule has 1 N–H and O–H groups in total. The van der Waals surface area contributed by atoms with Crippen LogP contribution in [0, 0.1) is 0 Å². The number of hydrazone groups is 1. The standard InChI is InChI=1S/C25H23N3O3S2/c1-30-21-10-5-8-17(25(21)31-2)20-13-19(22-11-6-12-32-22)27-28(20)24(29)15-33-23-14-26-18-9-4-3-7-16(18)23/h3-12,14,20,26H,13,15H2,1-2H3/t20-/m1/s1. The molecule has 0 radical (unpaired) electrons. The number of thioether (sulfide) groups is 1. The molecule has 5 rings (SSSR count). The SMILES string of the molecule is COc1cccc([C@H]2CC(c3cccs3)=NN2C(=O)CSc2c[nH]c3ccccc23)c1OC. The van der Waals surface area contributed by atoms with Gasteiger partial charge in [0.25, 0.3) is 5.91 Å². The van der Waals surface area contributed by atoms with Crippen molar-refractivity contribution in [3.05, 3.63) is 76.6 Å². The maximum atomic E-state index is 13.4. The minimum atomic E-state index is -0.261. The van der Waals surface area contributed by atoms with Crippen LogP contribution in [0.5, 0.6) is 11.5 Å². The molecule has 6 nitrogen and oxygen atoms in total. The van der Waals surface area contributed by atoms with Crippen molar-refractivity contribution < 1.29 is 14.3 Å². The Morgan fingerprint density at radius 3 is 2.82 bits per heavy atom. The van der Waals surface area contributed by atoms with Gasteiger partial charge in [-0.2, -0.15) is 5.10 Å². The number of rotatable bonds is 7. The quantitative estimate of drug-likeness (QED) is 0.346. The summed E-state index contributed by atoms with van der Waals surface area (Å²) in [5.74, 6) is 1.51. The summed E-state index contributed by atoms with van der Waals surface area (Å²) >= 11 is 3.15. The van der Waals surface area contributed by atoms with Crippen molar-refractivity contribution in [2.45, 2.75) is 17.4 Å². The Kier molecular flexibility index (Phi) is 6.11. The molecule has 2 aromatic carbocycles. The van der Waals surface area contributed by atoms with E-state index in [-0.39, 0.29) is 17.7 Å². The Labute approximate surface area is 200 Å². The molecular weight excluding hydrogens is 454 g/mol. The lowest BCUT2D eigenvalue weighted by molar-refractivity contribution is -0.130. The van der Waals surface area contributed by atoms with E-state index in [9.17, 15) is 4.79 Å². The number of para-hydroxylation sites is 2. The van der Waals surface area contributed by atoms with Gasteiger partial charge in [0.1, 0.15) is 0 Å². The molecular formula is C25H23N3O3S2. The topological polar surface area (TPSA) is 66.9 Å². The number of aromatic amines is 1. The van der Waals surface area contributed by atoms with Crippen molar-refractivity contribution >= 4 is 45.6 Å². The van der Waals surface area contributed by atoms with Crippen molar-refractivity contribution in [2.24, 2.45) is 5.10 Å². The maximum Gasteiger partial charge on any atom is 0.253 e. The lowest BCUT2D eigenvalue weighted by Crippen LogP contribution is -2.28. The summed E-state index contributed by atoms with van der Waals surface area (Å²) in [6.07, 6.45) is 2.57. The Morgan fingerprint density at radius 2 is 2.03 bits per heavy atom. The second-order valence-electron chi connectivity index (χ2n) is 7.55. The first-order chi connectivity index (χ1) is 16.2. The second kappa shape index (κ2) is 9.33. The minimum Gasteiger partial charge on any atom is -0.493 e. The molecule has 0 fully saturated rings. The van der Waals surface area contributed by atoms with E-state index in [1.54, 1.807) is 30.6 Å². The number of nitrogens with zero attached hydrogens (tertiary/aromatic N) is 2. The summed E-state index contributed by atoms with van der Waals surface area (Å²) in [7, 11) is 3.24. The zero-order valence-corrected chi connectivity index (χ0v) is 19.9. The van der Waals surface area contributed by atoms with Crippen LogP contribution in [0.3, 0.4) is 0 Å². The molecule has 0 bridgehead atoms. The van der Waals surface area contributed by atoms with Crippen LogP contribution in [0.15, 0.2) is 76.2 Å². The molecule has 1 atom stereocenters. The number of carbonyl (C=O) groups is 1.